The van der Waals surface area contributed by atoms with Crippen LogP contribution in [0.5, 0.6) is 5.75 Å². The predicted octanol–water partition coefficient (Wildman–Crippen LogP) is 1.01. The van der Waals surface area contributed by atoms with Gasteiger partial charge in [-0.3, -0.25) is 9.59 Å². The van der Waals surface area contributed by atoms with Crippen LogP contribution in [-0.2, 0) is 11.0 Å². The molecule has 1 aliphatic rings. The first-order valence-corrected chi connectivity index (χ1v) is 8.04. The Labute approximate surface area is 154 Å². The number of nitrogen functional groups attached to an aromatic ring is 1. The van der Waals surface area contributed by atoms with Gasteiger partial charge in [0, 0.05) is 18.7 Å². The molecule has 0 radical (unpaired) electrons. The maximum absolute atomic E-state index is 14.5. The summed E-state index contributed by atoms with van der Waals surface area (Å²) in [5.74, 6) is 3.64. The van der Waals surface area contributed by atoms with Crippen molar-refractivity contribution in [1.29, 1.82) is 0 Å². The highest BCUT2D eigenvalue weighted by Crippen LogP contribution is 2.35. The number of nitrogens with zero attached hydrogens (tertiary/aromatic N) is 3. The Kier molecular flexibility index (Phi) is 4.65. The molecule has 0 saturated heterocycles. The number of carbonyl (C=O) groups excluding carboxylic acids is 1. The minimum atomic E-state index is -5.06. The maximum atomic E-state index is 14.5. The second-order valence-corrected chi connectivity index (χ2v) is 5.96. The average molecular weight is 402 g/mol. The second-order valence-electron chi connectivity index (χ2n) is 5.96. The number of anilines is 1. The Balaban J connectivity index is 2.26. The Morgan fingerprint density at radius 1 is 1.14 bits per heavy atom. The summed E-state index contributed by atoms with van der Waals surface area (Å²) in [7, 11) is 0. The molecule has 1 aromatic carbocycles. The zero-order valence-electron chi connectivity index (χ0n) is 14.4. The first kappa shape index (κ1) is 19.5. The largest absolute Gasteiger partial charge is 0.481 e. The molecule has 12 heteroatoms. The number of hydrogen-bond acceptors (Lipinski definition) is 5. The molecule has 0 saturated carbocycles. The highest BCUT2D eigenvalue weighted by Gasteiger charge is 2.36. The molecule has 2 N–H and O–H groups in total. The monoisotopic (exact) mass is 402 g/mol. The number of carbonyl (C=O) groups is 1. The predicted molar refractivity (Wildman–Crippen MR) is 89.5 cm³/mol. The van der Waals surface area contributed by atoms with Gasteiger partial charge in [-0.05, 0) is 12.5 Å². The highest BCUT2D eigenvalue weighted by molar-refractivity contribution is 5.98. The lowest BCUT2D eigenvalue weighted by Gasteiger charge is -2.29. The van der Waals surface area contributed by atoms with Crippen LogP contribution in [0.1, 0.15) is 19.0 Å². The van der Waals surface area contributed by atoms with Crippen molar-refractivity contribution < 1.29 is 27.1 Å². The Bertz CT molecular complexity index is 1070. The van der Waals surface area contributed by atoms with Gasteiger partial charge in [0.05, 0.1) is 11.4 Å². The lowest BCUT2D eigenvalue weighted by Crippen LogP contribution is -2.45. The van der Waals surface area contributed by atoms with Gasteiger partial charge in [0.15, 0.2) is 18.1 Å². The lowest BCUT2D eigenvalue weighted by molar-refractivity contribution is -0.143. The van der Waals surface area contributed by atoms with Crippen molar-refractivity contribution in [2.75, 3.05) is 23.9 Å². The number of alkyl halides is 3. The summed E-state index contributed by atoms with van der Waals surface area (Å²) in [5.41, 5.74) is -5.26. The number of fused-ring (bicyclic) bond motifs is 1. The summed E-state index contributed by atoms with van der Waals surface area (Å²) < 4.78 is 58.3. The molecule has 1 aromatic heterocycles. The molecule has 0 spiro atoms. The summed E-state index contributed by atoms with van der Waals surface area (Å²) in [4.78, 5) is 37.8. The first-order chi connectivity index (χ1) is 13.1. The van der Waals surface area contributed by atoms with Crippen molar-refractivity contribution in [3.8, 4) is 11.4 Å². The SMILES string of the molecule is CCCN1C(=O)COc2cc(F)c(-n3c(=O)cc(C(F)(F)F)n(N)c3=O)cc21. The molecule has 8 nitrogen and oxygen atoms in total. The topological polar surface area (TPSA) is 99.6 Å². The molecule has 1 amide bonds. The van der Waals surface area contributed by atoms with Crippen LogP contribution < -0.4 is 26.7 Å². The highest BCUT2D eigenvalue weighted by atomic mass is 19.4. The van der Waals surface area contributed by atoms with Crippen molar-refractivity contribution in [3.05, 3.63) is 50.5 Å². The van der Waals surface area contributed by atoms with Crippen molar-refractivity contribution in [2.45, 2.75) is 19.5 Å². The summed E-state index contributed by atoms with van der Waals surface area (Å²) in [6, 6.07) is 1.93. The van der Waals surface area contributed by atoms with Gasteiger partial charge in [-0.1, -0.05) is 6.92 Å². The van der Waals surface area contributed by atoms with E-state index in [-0.39, 0.29) is 39.9 Å². The Hall–Kier alpha value is -3.31. The van der Waals surface area contributed by atoms with Crippen LogP contribution in [0, 0.1) is 5.82 Å². The van der Waals surface area contributed by atoms with E-state index in [9.17, 15) is 31.9 Å². The van der Waals surface area contributed by atoms with Gasteiger partial charge in [-0.2, -0.15) is 13.2 Å². The second kappa shape index (κ2) is 6.69. The van der Waals surface area contributed by atoms with Gasteiger partial charge in [0.2, 0.25) is 0 Å². The third kappa shape index (κ3) is 3.10. The molecular formula is C16H14F4N4O4. The number of amides is 1. The summed E-state index contributed by atoms with van der Waals surface area (Å²) in [6.45, 7) is 1.73. The number of nitrogens with two attached hydrogens (primary N) is 1. The van der Waals surface area contributed by atoms with Crippen LogP contribution in [0.2, 0.25) is 0 Å². The molecule has 0 bridgehead atoms. The standard InChI is InChI=1S/C16H14F4N4O4/c1-2-3-22-10-5-9(8(17)4-11(10)28-7-14(22)26)23-13(25)6-12(16(18,19)20)24(21)15(23)27/h4-6H,2-3,7,21H2,1H3. The van der Waals surface area contributed by atoms with Crippen LogP contribution in [0.25, 0.3) is 5.69 Å². The van der Waals surface area contributed by atoms with Gasteiger partial charge in [0.25, 0.3) is 11.5 Å². The quantitative estimate of drug-likeness (QED) is 0.610. The lowest BCUT2D eigenvalue weighted by atomic mass is 10.2. The molecule has 150 valence electrons. The minimum absolute atomic E-state index is 0.00216. The van der Waals surface area contributed by atoms with Crippen molar-refractivity contribution in [2.24, 2.45) is 0 Å². The van der Waals surface area contributed by atoms with E-state index >= 15 is 0 Å². The Morgan fingerprint density at radius 3 is 2.43 bits per heavy atom. The van der Waals surface area contributed by atoms with Gasteiger partial charge in [-0.15, -0.1) is 0 Å². The fraction of sp³-hybridized carbons (Fsp3) is 0.312. The molecule has 0 aliphatic carbocycles. The zero-order valence-corrected chi connectivity index (χ0v) is 14.4. The van der Waals surface area contributed by atoms with E-state index in [1.165, 1.54) is 4.90 Å². The van der Waals surface area contributed by atoms with Crippen LogP contribution in [0.15, 0.2) is 27.8 Å². The molecule has 28 heavy (non-hydrogen) atoms. The van der Waals surface area contributed by atoms with E-state index in [1.54, 1.807) is 6.92 Å². The summed E-state index contributed by atoms with van der Waals surface area (Å²) in [5, 5.41) is 0. The van der Waals surface area contributed by atoms with E-state index in [2.05, 4.69) is 0 Å². The summed E-state index contributed by atoms with van der Waals surface area (Å²) >= 11 is 0. The fourth-order valence-electron chi connectivity index (χ4n) is 2.85. The number of ether oxygens (including phenoxy) is 1. The number of rotatable bonds is 3. The van der Waals surface area contributed by atoms with Crippen LogP contribution in [-0.4, -0.2) is 28.3 Å². The van der Waals surface area contributed by atoms with Crippen LogP contribution in [0.3, 0.4) is 0 Å². The van der Waals surface area contributed by atoms with Crippen molar-refractivity contribution in [1.82, 2.24) is 9.24 Å². The third-order valence-electron chi connectivity index (χ3n) is 4.09. The maximum Gasteiger partial charge on any atom is 0.433 e. The smallest absolute Gasteiger partial charge is 0.433 e. The fourth-order valence-corrected chi connectivity index (χ4v) is 2.85. The number of benzene rings is 1. The molecule has 2 heterocycles. The Morgan fingerprint density at radius 2 is 1.82 bits per heavy atom. The first-order valence-electron chi connectivity index (χ1n) is 8.04. The third-order valence-corrected chi connectivity index (χ3v) is 4.09. The normalized spacial score (nSPS) is 14.0. The molecule has 0 fully saturated rings. The van der Waals surface area contributed by atoms with Crippen LogP contribution in [0.4, 0.5) is 23.2 Å². The number of hydrogen-bond donors (Lipinski definition) is 1. The number of aromatic nitrogens is 2. The van der Waals surface area contributed by atoms with E-state index < -0.39 is 40.5 Å². The number of halogens is 4. The van der Waals surface area contributed by atoms with Crippen molar-refractivity contribution >= 4 is 11.6 Å². The minimum Gasteiger partial charge on any atom is -0.481 e. The molecule has 0 atom stereocenters. The molecule has 1 aliphatic heterocycles. The van der Waals surface area contributed by atoms with Gasteiger partial charge >= 0.3 is 11.9 Å². The van der Waals surface area contributed by atoms with E-state index in [1.807, 2.05) is 0 Å². The van der Waals surface area contributed by atoms with E-state index in [0.717, 1.165) is 12.1 Å². The molecule has 0 unspecified atom stereocenters. The molecule has 3 rings (SSSR count). The zero-order chi connectivity index (χ0) is 20.8. The molecular weight excluding hydrogens is 388 g/mol. The summed E-state index contributed by atoms with van der Waals surface area (Å²) in [6.07, 6.45) is -4.51. The van der Waals surface area contributed by atoms with Gasteiger partial charge in [-0.25, -0.2) is 18.4 Å². The average Bonchev–Trinajstić information content (AvgIpc) is 2.60. The van der Waals surface area contributed by atoms with Crippen molar-refractivity contribution in [3.63, 3.8) is 0 Å². The van der Waals surface area contributed by atoms with E-state index in [4.69, 9.17) is 10.6 Å². The van der Waals surface area contributed by atoms with E-state index in [0.29, 0.717) is 6.42 Å². The van der Waals surface area contributed by atoms with Gasteiger partial charge < -0.3 is 15.5 Å². The van der Waals surface area contributed by atoms with Gasteiger partial charge in [0.1, 0.15) is 5.75 Å². The molecule has 2 aromatic rings. The van der Waals surface area contributed by atoms with Crippen LogP contribution >= 0.6 is 0 Å².